The van der Waals surface area contributed by atoms with E-state index in [1.807, 2.05) is 29.2 Å². The lowest BCUT2D eigenvalue weighted by molar-refractivity contribution is -0.128. The normalized spacial score (nSPS) is 22.0. The van der Waals surface area contributed by atoms with Crippen LogP contribution in [-0.2, 0) is 9.59 Å². The summed E-state index contributed by atoms with van der Waals surface area (Å²) in [6, 6.07) is 8.35. The summed E-state index contributed by atoms with van der Waals surface area (Å²) < 4.78 is 0. The highest BCUT2D eigenvalue weighted by Gasteiger charge is 2.41. The molecule has 4 nitrogen and oxygen atoms in total. The monoisotopic (exact) mass is 286 g/mol. The Bertz CT molecular complexity index is 546. The predicted molar refractivity (Wildman–Crippen MR) is 82.0 cm³/mol. The van der Waals surface area contributed by atoms with E-state index >= 15 is 0 Å². The zero-order valence-electron chi connectivity index (χ0n) is 12.6. The van der Waals surface area contributed by atoms with Crippen LogP contribution in [0, 0.1) is 5.92 Å². The zero-order valence-corrected chi connectivity index (χ0v) is 12.6. The summed E-state index contributed by atoms with van der Waals surface area (Å²) in [7, 11) is 0. The molecule has 0 aromatic heterocycles. The van der Waals surface area contributed by atoms with Gasteiger partial charge in [0.15, 0.2) is 0 Å². The number of hydrogen-bond acceptors (Lipinski definition) is 2. The Balaban J connectivity index is 1.60. The lowest BCUT2D eigenvalue weighted by Crippen LogP contribution is -2.29. The van der Waals surface area contributed by atoms with Gasteiger partial charge in [-0.25, -0.2) is 0 Å². The van der Waals surface area contributed by atoms with Crippen molar-refractivity contribution in [2.24, 2.45) is 5.92 Å². The molecule has 2 aliphatic rings. The number of nitrogens with zero attached hydrogens (tertiary/aromatic N) is 1. The first-order chi connectivity index (χ1) is 10.0. The standard InChI is InChI=1S/C17H22N2O2/c1-11(2)12-3-5-14(6-4-12)18-17(21)13-9-16(20)19(10-13)15-7-8-15/h3-6,11,13,15H,7-10H2,1-2H3,(H,18,21)/t13-/m1/s1. The van der Waals surface area contributed by atoms with Crippen molar-refractivity contribution in [2.75, 3.05) is 11.9 Å². The first-order valence-electron chi connectivity index (χ1n) is 7.75. The van der Waals surface area contributed by atoms with Gasteiger partial charge < -0.3 is 10.2 Å². The number of amides is 2. The summed E-state index contributed by atoms with van der Waals surface area (Å²) in [5.74, 6) is 0.369. The van der Waals surface area contributed by atoms with E-state index in [1.54, 1.807) is 0 Å². The molecule has 1 aromatic carbocycles. The molecule has 1 atom stereocenters. The second-order valence-electron chi connectivity index (χ2n) is 6.44. The Labute approximate surface area is 125 Å². The minimum atomic E-state index is -0.206. The van der Waals surface area contributed by atoms with Crippen molar-refractivity contribution in [2.45, 2.75) is 45.1 Å². The van der Waals surface area contributed by atoms with Crippen LogP contribution in [-0.4, -0.2) is 29.3 Å². The summed E-state index contributed by atoms with van der Waals surface area (Å²) in [6.07, 6.45) is 2.54. The second-order valence-corrected chi connectivity index (χ2v) is 6.44. The zero-order chi connectivity index (χ0) is 15.0. The first kappa shape index (κ1) is 14.1. The maximum Gasteiger partial charge on any atom is 0.229 e. The molecule has 1 aliphatic carbocycles. The molecule has 3 rings (SSSR count). The van der Waals surface area contributed by atoms with Gasteiger partial charge in [-0.2, -0.15) is 0 Å². The van der Waals surface area contributed by atoms with E-state index in [1.165, 1.54) is 5.56 Å². The molecular formula is C17H22N2O2. The molecule has 0 spiro atoms. The third-order valence-corrected chi connectivity index (χ3v) is 4.36. The highest BCUT2D eigenvalue weighted by Crippen LogP contribution is 2.33. The van der Waals surface area contributed by atoms with Gasteiger partial charge in [-0.3, -0.25) is 9.59 Å². The number of hydrogen-bond donors (Lipinski definition) is 1. The number of anilines is 1. The summed E-state index contributed by atoms with van der Waals surface area (Å²) >= 11 is 0. The van der Waals surface area contributed by atoms with Gasteiger partial charge in [0, 0.05) is 24.7 Å². The van der Waals surface area contributed by atoms with Crippen molar-refractivity contribution in [1.82, 2.24) is 4.90 Å². The molecule has 21 heavy (non-hydrogen) atoms. The molecule has 0 bridgehead atoms. The van der Waals surface area contributed by atoms with E-state index in [-0.39, 0.29) is 17.7 Å². The number of nitrogens with one attached hydrogen (secondary N) is 1. The van der Waals surface area contributed by atoms with Crippen molar-refractivity contribution in [3.63, 3.8) is 0 Å². The molecule has 1 saturated heterocycles. The first-order valence-corrected chi connectivity index (χ1v) is 7.75. The molecule has 1 heterocycles. The van der Waals surface area contributed by atoms with Crippen LogP contribution in [0.2, 0.25) is 0 Å². The molecule has 0 unspecified atom stereocenters. The highest BCUT2D eigenvalue weighted by molar-refractivity contribution is 5.97. The van der Waals surface area contributed by atoms with Gasteiger partial charge in [0.2, 0.25) is 11.8 Å². The minimum absolute atomic E-state index is 0.0382. The van der Waals surface area contributed by atoms with Gasteiger partial charge in [-0.15, -0.1) is 0 Å². The summed E-state index contributed by atoms with van der Waals surface area (Å²) in [5.41, 5.74) is 2.06. The van der Waals surface area contributed by atoms with Crippen molar-refractivity contribution < 1.29 is 9.59 Å². The van der Waals surface area contributed by atoms with E-state index in [9.17, 15) is 9.59 Å². The minimum Gasteiger partial charge on any atom is -0.339 e. The number of carbonyl (C=O) groups excluding carboxylic acids is 2. The van der Waals surface area contributed by atoms with Crippen LogP contribution >= 0.6 is 0 Å². The van der Waals surface area contributed by atoms with Crippen LogP contribution in [0.1, 0.15) is 44.6 Å². The topological polar surface area (TPSA) is 49.4 Å². The van der Waals surface area contributed by atoms with E-state index in [0.717, 1.165) is 18.5 Å². The van der Waals surface area contributed by atoms with Crippen LogP contribution in [0.15, 0.2) is 24.3 Å². The summed E-state index contributed by atoms with van der Waals surface area (Å²) in [6.45, 7) is 4.87. The van der Waals surface area contributed by atoms with Crippen LogP contribution in [0.25, 0.3) is 0 Å². The van der Waals surface area contributed by atoms with Crippen LogP contribution in [0.4, 0.5) is 5.69 Å². The SMILES string of the molecule is CC(C)c1ccc(NC(=O)[C@@H]2CC(=O)N(C3CC3)C2)cc1. The fourth-order valence-electron chi connectivity index (χ4n) is 2.84. The second kappa shape index (κ2) is 5.51. The van der Waals surface area contributed by atoms with E-state index in [4.69, 9.17) is 0 Å². The third-order valence-electron chi connectivity index (χ3n) is 4.36. The molecule has 1 aliphatic heterocycles. The van der Waals surface area contributed by atoms with Crippen LogP contribution in [0.5, 0.6) is 0 Å². The Morgan fingerprint density at radius 1 is 1.24 bits per heavy atom. The molecule has 112 valence electrons. The molecule has 2 amide bonds. The Hall–Kier alpha value is -1.84. The van der Waals surface area contributed by atoms with Gasteiger partial charge >= 0.3 is 0 Å². The van der Waals surface area contributed by atoms with Gasteiger partial charge in [0.05, 0.1) is 5.92 Å². The lowest BCUT2D eigenvalue weighted by atomic mass is 10.0. The highest BCUT2D eigenvalue weighted by atomic mass is 16.2. The average Bonchev–Trinajstić information content (AvgIpc) is 3.22. The molecule has 1 N–H and O–H groups in total. The molecule has 0 radical (unpaired) electrons. The molecule has 1 aromatic rings. The quantitative estimate of drug-likeness (QED) is 0.925. The summed E-state index contributed by atoms with van der Waals surface area (Å²) in [5, 5.41) is 2.93. The molecule has 1 saturated carbocycles. The number of benzene rings is 1. The Kier molecular flexibility index (Phi) is 3.70. The largest absolute Gasteiger partial charge is 0.339 e. The number of rotatable bonds is 4. The smallest absolute Gasteiger partial charge is 0.229 e. The molecule has 4 heteroatoms. The van der Waals surface area contributed by atoms with Crippen molar-refractivity contribution in [3.05, 3.63) is 29.8 Å². The van der Waals surface area contributed by atoms with Crippen molar-refractivity contribution in [1.29, 1.82) is 0 Å². The van der Waals surface area contributed by atoms with E-state index < -0.39 is 0 Å². The maximum atomic E-state index is 12.3. The van der Waals surface area contributed by atoms with Gasteiger partial charge in [-0.05, 0) is 36.5 Å². The Morgan fingerprint density at radius 2 is 1.90 bits per heavy atom. The fourth-order valence-corrected chi connectivity index (χ4v) is 2.84. The van der Waals surface area contributed by atoms with E-state index in [0.29, 0.717) is 24.9 Å². The van der Waals surface area contributed by atoms with Crippen molar-refractivity contribution in [3.8, 4) is 0 Å². The lowest BCUT2D eigenvalue weighted by Gasteiger charge is -2.15. The molecule has 2 fully saturated rings. The average molecular weight is 286 g/mol. The summed E-state index contributed by atoms with van der Waals surface area (Å²) in [4.78, 5) is 26.0. The van der Waals surface area contributed by atoms with Gasteiger partial charge in [0.1, 0.15) is 0 Å². The van der Waals surface area contributed by atoms with E-state index in [2.05, 4.69) is 19.2 Å². The van der Waals surface area contributed by atoms with Crippen LogP contribution in [0.3, 0.4) is 0 Å². The third kappa shape index (κ3) is 3.09. The van der Waals surface area contributed by atoms with Gasteiger partial charge in [-0.1, -0.05) is 26.0 Å². The van der Waals surface area contributed by atoms with Crippen molar-refractivity contribution >= 4 is 17.5 Å². The predicted octanol–water partition coefficient (Wildman–Crippen LogP) is 2.76. The Morgan fingerprint density at radius 3 is 2.48 bits per heavy atom. The number of carbonyl (C=O) groups is 2. The maximum absolute atomic E-state index is 12.3. The fraction of sp³-hybridized carbons (Fsp3) is 0.529. The molecular weight excluding hydrogens is 264 g/mol. The van der Waals surface area contributed by atoms with Gasteiger partial charge in [0.25, 0.3) is 0 Å². The van der Waals surface area contributed by atoms with Crippen LogP contribution < -0.4 is 5.32 Å². The number of likely N-dealkylation sites (tertiary alicyclic amines) is 1.